The lowest BCUT2D eigenvalue weighted by Crippen LogP contribution is -2.10. The van der Waals surface area contributed by atoms with Gasteiger partial charge in [-0.3, -0.25) is 0 Å². The number of rotatable bonds is 9. The molecule has 2 aromatic rings. The van der Waals surface area contributed by atoms with Crippen LogP contribution in [0.5, 0.6) is 5.88 Å². The van der Waals surface area contributed by atoms with Crippen molar-refractivity contribution in [3.63, 3.8) is 0 Å². The smallest absolute Gasteiger partial charge is 0.238 e. The van der Waals surface area contributed by atoms with Gasteiger partial charge >= 0.3 is 0 Å². The van der Waals surface area contributed by atoms with Gasteiger partial charge in [0.1, 0.15) is 12.2 Å². The summed E-state index contributed by atoms with van der Waals surface area (Å²) in [5.74, 6) is 1.30. The van der Waals surface area contributed by atoms with Gasteiger partial charge in [-0.2, -0.15) is 0 Å². The molecular formula is C18H28N2O3. The van der Waals surface area contributed by atoms with E-state index in [2.05, 4.69) is 37.2 Å². The summed E-state index contributed by atoms with van der Waals surface area (Å²) in [6.45, 7) is 10.9. The van der Waals surface area contributed by atoms with Gasteiger partial charge in [-0.05, 0) is 37.8 Å². The van der Waals surface area contributed by atoms with E-state index in [1.807, 2.05) is 12.3 Å². The Balaban J connectivity index is 2.27. The maximum absolute atomic E-state index is 5.95. The zero-order chi connectivity index (χ0) is 16.8. The van der Waals surface area contributed by atoms with E-state index < -0.39 is 0 Å². The molecule has 0 bridgehead atoms. The van der Waals surface area contributed by atoms with Crippen LogP contribution in [0, 0.1) is 19.8 Å². The fraction of sp³-hybridized carbons (Fsp3) is 0.611. The number of pyridine rings is 1. The molecule has 0 unspecified atom stereocenters. The SMILES string of the molecule is COCCOCn1c(C)c(C)c2ccnc(OCCC(C)C)c21. The minimum Gasteiger partial charge on any atom is -0.476 e. The van der Waals surface area contributed by atoms with Gasteiger partial charge in [0.25, 0.3) is 0 Å². The molecule has 0 aromatic carbocycles. The van der Waals surface area contributed by atoms with Crippen LogP contribution in [0.25, 0.3) is 10.9 Å². The summed E-state index contributed by atoms with van der Waals surface area (Å²) in [6.07, 6.45) is 2.83. The Kier molecular flexibility index (Phi) is 6.42. The first kappa shape index (κ1) is 17.8. The Hall–Kier alpha value is -1.59. The summed E-state index contributed by atoms with van der Waals surface area (Å²) >= 11 is 0. The van der Waals surface area contributed by atoms with Crippen LogP contribution in [-0.4, -0.2) is 36.5 Å². The van der Waals surface area contributed by atoms with E-state index in [4.69, 9.17) is 14.2 Å². The van der Waals surface area contributed by atoms with Gasteiger partial charge in [0.15, 0.2) is 0 Å². The largest absolute Gasteiger partial charge is 0.476 e. The maximum atomic E-state index is 5.95. The fourth-order valence-electron chi connectivity index (χ4n) is 2.52. The van der Waals surface area contributed by atoms with Crippen LogP contribution in [0.4, 0.5) is 0 Å². The fourth-order valence-corrected chi connectivity index (χ4v) is 2.52. The first-order valence-corrected chi connectivity index (χ1v) is 8.20. The molecule has 0 aliphatic rings. The molecule has 5 heteroatoms. The normalized spacial score (nSPS) is 11.6. The predicted octanol–water partition coefficient (Wildman–Crippen LogP) is 3.70. The second-order valence-corrected chi connectivity index (χ2v) is 6.21. The number of hydrogen-bond acceptors (Lipinski definition) is 4. The third kappa shape index (κ3) is 4.24. The van der Waals surface area contributed by atoms with Crippen LogP contribution in [0.2, 0.25) is 0 Å². The van der Waals surface area contributed by atoms with Crippen molar-refractivity contribution < 1.29 is 14.2 Å². The van der Waals surface area contributed by atoms with Gasteiger partial charge in [-0.25, -0.2) is 4.98 Å². The summed E-state index contributed by atoms with van der Waals surface area (Å²) < 4.78 is 18.8. The number of fused-ring (bicyclic) bond motifs is 1. The summed E-state index contributed by atoms with van der Waals surface area (Å²) in [5, 5.41) is 1.17. The average Bonchev–Trinajstić information content (AvgIpc) is 2.77. The lowest BCUT2D eigenvalue weighted by molar-refractivity contribution is 0.0350. The predicted molar refractivity (Wildman–Crippen MR) is 92.0 cm³/mol. The number of aromatic nitrogens is 2. The summed E-state index contributed by atoms with van der Waals surface area (Å²) in [4.78, 5) is 4.44. The third-order valence-corrected chi connectivity index (χ3v) is 4.10. The first-order valence-electron chi connectivity index (χ1n) is 8.20. The van der Waals surface area contributed by atoms with Crippen LogP contribution in [0.15, 0.2) is 12.3 Å². The molecule has 0 amide bonds. The number of ether oxygens (including phenoxy) is 3. The molecule has 2 rings (SSSR count). The topological polar surface area (TPSA) is 45.5 Å². The molecule has 0 spiro atoms. The maximum Gasteiger partial charge on any atom is 0.238 e. The van der Waals surface area contributed by atoms with Crippen LogP contribution in [0.1, 0.15) is 31.5 Å². The molecule has 0 saturated carbocycles. The highest BCUT2D eigenvalue weighted by Crippen LogP contribution is 2.31. The lowest BCUT2D eigenvalue weighted by atomic mass is 10.1. The van der Waals surface area contributed by atoms with Crippen molar-refractivity contribution in [2.24, 2.45) is 5.92 Å². The standard InChI is InChI=1S/C18H28N2O3/c1-13(2)7-9-23-18-17-16(6-8-19-18)14(3)15(4)20(17)12-22-11-10-21-5/h6,8,13H,7,9-12H2,1-5H3. The van der Waals surface area contributed by atoms with Crippen molar-refractivity contribution in [3.05, 3.63) is 23.5 Å². The zero-order valence-electron chi connectivity index (χ0n) is 14.9. The Morgan fingerprint density at radius 2 is 1.96 bits per heavy atom. The van der Waals surface area contributed by atoms with Gasteiger partial charge in [0, 0.05) is 24.4 Å². The number of methoxy groups -OCH3 is 1. The monoisotopic (exact) mass is 320 g/mol. The van der Waals surface area contributed by atoms with Crippen molar-refractivity contribution in [2.45, 2.75) is 40.8 Å². The average molecular weight is 320 g/mol. The minimum atomic E-state index is 0.478. The molecule has 0 radical (unpaired) electrons. The van der Waals surface area contributed by atoms with Crippen LogP contribution in [-0.2, 0) is 16.2 Å². The Morgan fingerprint density at radius 1 is 1.17 bits per heavy atom. The quantitative estimate of drug-likeness (QED) is 0.661. The highest BCUT2D eigenvalue weighted by molar-refractivity contribution is 5.88. The van der Waals surface area contributed by atoms with E-state index in [9.17, 15) is 0 Å². The Labute approximate surface area is 138 Å². The first-order chi connectivity index (χ1) is 11.1. The van der Waals surface area contributed by atoms with E-state index in [0.717, 1.165) is 11.9 Å². The molecule has 23 heavy (non-hydrogen) atoms. The highest BCUT2D eigenvalue weighted by atomic mass is 16.5. The lowest BCUT2D eigenvalue weighted by Gasteiger charge is -2.13. The highest BCUT2D eigenvalue weighted by Gasteiger charge is 2.16. The summed E-state index contributed by atoms with van der Waals surface area (Å²) in [7, 11) is 1.68. The van der Waals surface area contributed by atoms with E-state index in [-0.39, 0.29) is 0 Å². The van der Waals surface area contributed by atoms with E-state index in [1.54, 1.807) is 7.11 Å². The Bertz CT molecular complexity index is 635. The van der Waals surface area contributed by atoms with Crippen molar-refractivity contribution >= 4 is 10.9 Å². The minimum absolute atomic E-state index is 0.478. The van der Waals surface area contributed by atoms with Crippen molar-refractivity contribution in [2.75, 3.05) is 26.9 Å². The van der Waals surface area contributed by atoms with E-state index in [1.165, 1.54) is 16.6 Å². The van der Waals surface area contributed by atoms with Crippen molar-refractivity contribution in [1.82, 2.24) is 9.55 Å². The molecule has 2 heterocycles. The molecule has 2 aromatic heterocycles. The molecule has 0 aliphatic heterocycles. The molecule has 0 aliphatic carbocycles. The number of aryl methyl sites for hydroxylation is 1. The van der Waals surface area contributed by atoms with Crippen molar-refractivity contribution in [3.8, 4) is 5.88 Å². The van der Waals surface area contributed by atoms with E-state index >= 15 is 0 Å². The molecule has 0 atom stereocenters. The van der Waals surface area contributed by atoms with Gasteiger partial charge < -0.3 is 18.8 Å². The molecule has 0 N–H and O–H groups in total. The van der Waals surface area contributed by atoms with Gasteiger partial charge in [-0.15, -0.1) is 0 Å². The zero-order valence-corrected chi connectivity index (χ0v) is 14.9. The summed E-state index contributed by atoms with van der Waals surface area (Å²) in [6, 6.07) is 2.04. The molecule has 0 fully saturated rings. The number of nitrogens with zero attached hydrogens (tertiary/aromatic N) is 2. The van der Waals surface area contributed by atoms with Gasteiger partial charge in [0.05, 0.1) is 19.8 Å². The molecular weight excluding hydrogens is 292 g/mol. The second-order valence-electron chi connectivity index (χ2n) is 6.21. The molecule has 128 valence electrons. The van der Waals surface area contributed by atoms with Gasteiger partial charge in [0.2, 0.25) is 5.88 Å². The van der Waals surface area contributed by atoms with Gasteiger partial charge in [-0.1, -0.05) is 13.8 Å². The molecule has 0 saturated heterocycles. The van der Waals surface area contributed by atoms with Crippen molar-refractivity contribution in [1.29, 1.82) is 0 Å². The van der Waals surface area contributed by atoms with E-state index in [0.29, 0.717) is 38.3 Å². The molecule has 5 nitrogen and oxygen atoms in total. The van der Waals surface area contributed by atoms with Crippen LogP contribution in [0.3, 0.4) is 0 Å². The van der Waals surface area contributed by atoms with Crippen LogP contribution < -0.4 is 4.74 Å². The second kappa shape index (κ2) is 8.31. The van der Waals surface area contributed by atoms with Crippen LogP contribution >= 0.6 is 0 Å². The third-order valence-electron chi connectivity index (χ3n) is 4.10. The Morgan fingerprint density at radius 3 is 2.65 bits per heavy atom. The summed E-state index contributed by atoms with van der Waals surface area (Å²) in [5.41, 5.74) is 3.44. The number of hydrogen-bond donors (Lipinski definition) is 0.